The fraction of sp³-hybridized carbons (Fsp3) is 0.333. The molecule has 0 spiro atoms. The van der Waals surface area contributed by atoms with Gasteiger partial charge in [0.15, 0.2) is 0 Å². The van der Waals surface area contributed by atoms with Crippen LogP contribution in [0, 0.1) is 11.2 Å². The Morgan fingerprint density at radius 1 is 1.15 bits per heavy atom. The molecule has 3 rings (SSSR count). The molecule has 1 N–H and O–H groups in total. The van der Waals surface area contributed by atoms with Gasteiger partial charge in [-0.3, -0.25) is 0 Å². The SMILES string of the molecule is CC1(C)OB(c2cc(O)cc3ccc(P)c(C#CSP(I)I)c23)OC1(C)C. The van der Waals surface area contributed by atoms with Crippen molar-refractivity contribution in [3.63, 3.8) is 0 Å². The molecule has 1 saturated heterocycles. The zero-order valence-electron chi connectivity index (χ0n) is 15.3. The average Bonchev–Trinajstić information content (AvgIpc) is 2.76. The van der Waals surface area contributed by atoms with Gasteiger partial charge in [-0.15, -0.1) is 9.24 Å². The Hall–Kier alpha value is 0.715. The normalized spacial score (nSPS) is 18.0. The van der Waals surface area contributed by atoms with Gasteiger partial charge in [0.2, 0.25) is 0 Å². The second-order valence-electron chi connectivity index (χ2n) is 7.27. The average molecular weight is 642 g/mol. The Bertz CT molecular complexity index is 941. The van der Waals surface area contributed by atoms with Crippen LogP contribution in [0.5, 0.6) is 5.75 Å². The topological polar surface area (TPSA) is 38.7 Å². The van der Waals surface area contributed by atoms with Crippen LogP contribution in [0.15, 0.2) is 24.3 Å². The van der Waals surface area contributed by atoms with Gasteiger partial charge in [0.05, 0.1) is 13.6 Å². The van der Waals surface area contributed by atoms with Crippen molar-refractivity contribution >= 4 is 95.8 Å². The van der Waals surface area contributed by atoms with E-state index in [-0.39, 0.29) is 8.16 Å². The van der Waals surface area contributed by atoms with Crippen LogP contribution in [-0.4, -0.2) is 23.4 Å². The highest BCUT2D eigenvalue weighted by Crippen LogP contribution is 2.64. The minimum atomic E-state index is -0.559. The number of rotatable bonds is 2. The summed E-state index contributed by atoms with van der Waals surface area (Å²) in [5.74, 6) is 3.51. The summed E-state index contributed by atoms with van der Waals surface area (Å²) >= 11 is 6.43. The van der Waals surface area contributed by atoms with Crippen LogP contribution in [0.1, 0.15) is 33.3 Å². The second-order valence-corrected chi connectivity index (χ2v) is 25.6. The Morgan fingerprint density at radius 2 is 1.78 bits per heavy atom. The highest BCUT2D eigenvalue weighted by atomic mass is 127. The zero-order chi connectivity index (χ0) is 20.0. The summed E-state index contributed by atoms with van der Waals surface area (Å²) in [5.41, 5.74) is 0.843. The molecule has 1 unspecified atom stereocenters. The molecule has 1 heterocycles. The molecule has 27 heavy (non-hydrogen) atoms. The van der Waals surface area contributed by atoms with Crippen LogP contribution in [0.25, 0.3) is 10.8 Å². The molecule has 1 aliphatic heterocycles. The van der Waals surface area contributed by atoms with Gasteiger partial charge in [0, 0.05) is 5.56 Å². The van der Waals surface area contributed by atoms with E-state index >= 15 is 0 Å². The van der Waals surface area contributed by atoms with E-state index < -0.39 is 18.3 Å². The van der Waals surface area contributed by atoms with Crippen LogP contribution >= 0.6 is 67.1 Å². The van der Waals surface area contributed by atoms with Crippen molar-refractivity contribution in [3.05, 3.63) is 29.8 Å². The molecule has 2 aromatic carbocycles. The summed E-state index contributed by atoms with van der Waals surface area (Å²) in [7, 11) is 2.20. The molecule has 3 nitrogen and oxygen atoms in total. The molecule has 0 aromatic heterocycles. The Balaban J connectivity index is 2.20. The van der Waals surface area contributed by atoms with Crippen LogP contribution in [-0.2, 0) is 9.31 Å². The van der Waals surface area contributed by atoms with Gasteiger partial charge in [-0.05, 0) is 122 Å². The number of hydrogen-bond acceptors (Lipinski definition) is 4. The molecule has 0 amide bonds. The summed E-state index contributed by atoms with van der Waals surface area (Å²) in [6.07, 6.45) is 0. The van der Waals surface area contributed by atoms with E-state index in [4.69, 9.17) is 9.31 Å². The van der Waals surface area contributed by atoms with Crippen molar-refractivity contribution in [1.82, 2.24) is 0 Å². The number of aromatic hydroxyl groups is 1. The lowest BCUT2D eigenvalue weighted by molar-refractivity contribution is 0.00578. The lowest BCUT2D eigenvalue weighted by Gasteiger charge is -2.32. The molecule has 0 saturated carbocycles. The van der Waals surface area contributed by atoms with Gasteiger partial charge in [-0.25, -0.2) is 0 Å². The third kappa shape index (κ3) is 4.73. The first kappa shape index (κ1) is 22.4. The standard InChI is InChI=1S/C18H19BI2O3P2S/c1-17(2)18(3,4)24-19(23-17)14-10-12(22)9-11-5-6-15(25)13(16(11)14)7-8-27-26(20)21/h5-6,9-10,22H,25H2,1-4H3. The predicted octanol–water partition coefficient (Wildman–Crippen LogP) is 5.48. The largest absolute Gasteiger partial charge is 0.508 e. The lowest BCUT2D eigenvalue weighted by Crippen LogP contribution is -2.41. The Morgan fingerprint density at radius 3 is 2.37 bits per heavy atom. The molecule has 2 aromatic rings. The van der Waals surface area contributed by atoms with E-state index in [1.54, 1.807) is 23.5 Å². The van der Waals surface area contributed by atoms with Gasteiger partial charge < -0.3 is 14.4 Å². The first-order valence-corrected chi connectivity index (χ1v) is 17.1. The van der Waals surface area contributed by atoms with Gasteiger partial charge in [0.25, 0.3) is 0 Å². The molecule has 0 aliphatic carbocycles. The van der Waals surface area contributed by atoms with Crippen molar-refractivity contribution in [3.8, 4) is 16.9 Å². The number of phenolic OH excluding ortho intramolecular Hbond substituents is 1. The predicted molar refractivity (Wildman–Crippen MR) is 140 cm³/mol. The smallest absolute Gasteiger partial charge is 0.495 e. The minimum Gasteiger partial charge on any atom is -0.508 e. The van der Waals surface area contributed by atoms with Crippen LogP contribution < -0.4 is 10.8 Å². The molecule has 1 atom stereocenters. The Labute approximate surface area is 194 Å². The quantitative estimate of drug-likeness (QED) is 0.204. The number of phenols is 1. The van der Waals surface area contributed by atoms with Crippen molar-refractivity contribution < 1.29 is 14.4 Å². The van der Waals surface area contributed by atoms with E-state index in [1.807, 2.05) is 39.8 Å². The summed E-state index contributed by atoms with van der Waals surface area (Å²) in [6.45, 7) is 8.11. The first-order valence-electron chi connectivity index (χ1n) is 8.22. The maximum absolute atomic E-state index is 10.3. The van der Waals surface area contributed by atoms with Crippen molar-refractivity contribution in [1.29, 1.82) is 0 Å². The first-order chi connectivity index (χ1) is 12.5. The summed E-state index contributed by atoms with van der Waals surface area (Å²) in [6, 6.07) is 7.49. The zero-order valence-corrected chi connectivity index (χ0v) is 22.5. The molecule has 0 radical (unpaired) electrons. The maximum atomic E-state index is 10.3. The monoisotopic (exact) mass is 642 g/mol. The highest BCUT2D eigenvalue weighted by molar-refractivity contribution is 14.3. The van der Waals surface area contributed by atoms with E-state index in [1.165, 1.54) is 0 Å². The van der Waals surface area contributed by atoms with Gasteiger partial charge >= 0.3 is 7.12 Å². The lowest BCUT2D eigenvalue weighted by atomic mass is 9.75. The van der Waals surface area contributed by atoms with Gasteiger partial charge in [0.1, 0.15) is 5.75 Å². The third-order valence-corrected chi connectivity index (χ3v) is 10.0. The fourth-order valence-electron chi connectivity index (χ4n) is 2.90. The van der Waals surface area contributed by atoms with E-state index in [0.29, 0.717) is 0 Å². The van der Waals surface area contributed by atoms with E-state index in [0.717, 1.165) is 27.1 Å². The van der Waals surface area contributed by atoms with E-state index in [2.05, 4.69) is 64.5 Å². The third-order valence-electron chi connectivity index (χ3n) is 4.96. The summed E-state index contributed by atoms with van der Waals surface area (Å²) in [5, 5.41) is 16.4. The molecular weight excluding hydrogens is 623 g/mol. The van der Waals surface area contributed by atoms with Crippen LogP contribution in [0.2, 0.25) is 0 Å². The van der Waals surface area contributed by atoms with Crippen molar-refractivity contribution in [2.24, 2.45) is 0 Å². The van der Waals surface area contributed by atoms with Crippen LogP contribution in [0.3, 0.4) is 0 Å². The van der Waals surface area contributed by atoms with Crippen LogP contribution in [0.4, 0.5) is 0 Å². The van der Waals surface area contributed by atoms with Crippen molar-refractivity contribution in [2.45, 2.75) is 38.9 Å². The molecule has 0 bridgehead atoms. The molecule has 142 valence electrons. The fourth-order valence-corrected chi connectivity index (χ4v) is 5.54. The maximum Gasteiger partial charge on any atom is 0.495 e. The minimum absolute atomic E-state index is 0.194. The molecule has 1 fully saturated rings. The summed E-state index contributed by atoms with van der Waals surface area (Å²) < 4.78 is 12.3. The number of hydrogen-bond donors (Lipinski definition) is 1. The number of halogens is 2. The molecular formula is C18H19BI2O3P2S. The highest BCUT2D eigenvalue weighted by Gasteiger charge is 2.52. The number of benzene rings is 2. The van der Waals surface area contributed by atoms with Crippen molar-refractivity contribution in [2.75, 3.05) is 0 Å². The number of fused-ring (bicyclic) bond motifs is 1. The summed E-state index contributed by atoms with van der Waals surface area (Å²) in [4.78, 5) is 0. The van der Waals surface area contributed by atoms with Gasteiger partial charge in [-0.1, -0.05) is 18.1 Å². The van der Waals surface area contributed by atoms with E-state index in [9.17, 15) is 5.11 Å². The second kappa shape index (κ2) is 8.45. The molecule has 9 heteroatoms. The van der Waals surface area contributed by atoms with Gasteiger partial charge in [-0.2, -0.15) is 0 Å². The molecule has 1 aliphatic rings. The Kier molecular flexibility index (Phi) is 7.01.